The molecule has 0 aliphatic rings. The summed E-state index contributed by atoms with van der Waals surface area (Å²) in [5, 5.41) is 0. The number of rotatable bonds is 8. The predicted molar refractivity (Wildman–Crippen MR) is 80.0 cm³/mol. The third-order valence-corrected chi connectivity index (χ3v) is 3.49. The number of Topliss-reactive ketones (excluding diaryl/α,β-unsaturated/α-hetero) is 2. The maximum atomic E-state index is 11.9. The van der Waals surface area contributed by atoms with Gasteiger partial charge in [-0.15, -0.1) is 0 Å². The molecule has 0 fully saturated rings. The van der Waals surface area contributed by atoms with Gasteiger partial charge in [0.2, 0.25) is 0 Å². The van der Waals surface area contributed by atoms with Crippen molar-refractivity contribution < 1.29 is 9.59 Å². The Morgan fingerprint density at radius 3 is 2.00 bits per heavy atom. The molecule has 2 N–H and O–H groups in total. The normalized spacial score (nSPS) is 14.3. The summed E-state index contributed by atoms with van der Waals surface area (Å²) in [6.45, 7) is 11.9. The highest BCUT2D eigenvalue weighted by atomic mass is 16.1. The van der Waals surface area contributed by atoms with Gasteiger partial charge in [0.15, 0.2) is 0 Å². The predicted octanol–water partition coefficient (Wildman–Crippen LogP) is 3.49. The van der Waals surface area contributed by atoms with E-state index in [1.54, 1.807) is 6.92 Å². The van der Waals surface area contributed by atoms with Crippen LogP contribution in [0.2, 0.25) is 0 Å². The minimum absolute atomic E-state index is 0.0942. The Bertz CT molecular complexity index is 313. The zero-order valence-electron chi connectivity index (χ0n) is 13.5. The third-order valence-electron chi connectivity index (χ3n) is 3.49. The van der Waals surface area contributed by atoms with Crippen LogP contribution in [0, 0.1) is 10.8 Å². The van der Waals surface area contributed by atoms with Crippen LogP contribution in [0.1, 0.15) is 73.6 Å². The molecule has 1 atom stereocenters. The molecule has 0 unspecified atom stereocenters. The van der Waals surface area contributed by atoms with Crippen LogP contribution in [0.3, 0.4) is 0 Å². The number of carbonyl (C=O) groups excluding carboxylic acids is 2. The molecule has 3 nitrogen and oxygen atoms in total. The molecule has 0 heterocycles. The molecule has 0 aliphatic heterocycles. The van der Waals surface area contributed by atoms with Crippen LogP contribution in [-0.2, 0) is 9.59 Å². The summed E-state index contributed by atoms with van der Waals surface area (Å²) >= 11 is 0. The van der Waals surface area contributed by atoms with Gasteiger partial charge in [-0.3, -0.25) is 4.79 Å². The van der Waals surface area contributed by atoms with Gasteiger partial charge in [-0.05, 0) is 30.6 Å². The van der Waals surface area contributed by atoms with E-state index in [0.717, 1.165) is 12.8 Å². The summed E-state index contributed by atoms with van der Waals surface area (Å²) in [6, 6.07) is 0.130. The Hall–Kier alpha value is -0.700. The summed E-state index contributed by atoms with van der Waals surface area (Å²) in [7, 11) is 0. The van der Waals surface area contributed by atoms with Crippen LogP contribution in [0.25, 0.3) is 0 Å². The first kappa shape index (κ1) is 18.3. The zero-order valence-corrected chi connectivity index (χ0v) is 13.5. The molecule has 0 spiro atoms. The molecule has 0 aromatic carbocycles. The molecule has 0 radical (unpaired) electrons. The van der Waals surface area contributed by atoms with Gasteiger partial charge in [0, 0.05) is 25.3 Å². The van der Waals surface area contributed by atoms with Gasteiger partial charge in [0.05, 0.1) is 0 Å². The van der Waals surface area contributed by atoms with Crippen LogP contribution in [-0.4, -0.2) is 17.6 Å². The summed E-state index contributed by atoms with van der Waals surface area (Å²) < 4.78 is 0. The van der Waals surface area contributed by atoms with Crippen LogP contribution in [0.15, 0.2) is 0 Å². The quantitative estimate of drug-likeness (QED) is 0.733. The fourth-order valence-corrected chi connectivity index (χ4v) is 2.31. The Balaban J connectivity index is 4.04. The van der Waals surface area contributed by atoms with Gasteiger partial charge < -0.3 is 10.5 Å². The first-order valence-electron chi connectivity index (χ1n) is 7.21. The summed E-state index contributed by atoms with van der Waals surface area (Å²) in [5.41, 5.74) is 5.96. The molecule has 0 bridgehead atoms. The first-order valence-corrected chi connectivity index (χ1v) is 7.21. The minimum Gasteiger partial charge on any atom is -0.327 e. The molecule has 0 saturated carbocycles. The van der Waals surface area contributed by atoms with E-state index in [9.17, 15) is 9.59 Å². The second-order valence-electron chi connectivity index (χ2n) is 7.62. The number of carbonyl (C=O) groups is 2. The monoisotopic (exact) mass is 269 g/mol. The minimum atomic E-state index is -0.213. The van der Waals surface area contributed by atoms with Crippen LogP contribution >= 0.6 is 0 Å². The van der Waals surface area contributed by atoms with E-state index >= 15 is 0 Å². The second kappa shape index (κ2) is 7.18. The molecule has 112 valence electrons. The van der Waals surface area contributed by atoms with Crippen molar-refractivity contribution in [2.75, 3.05) is 0 Å². The van der Waals surface area contributed by atoms with E-state index in [4.69, 9.17) is 5.73 Å². The van der Waals surface area contributed by atoms with E-state index in [-0.39, 0.29) is 28.4 Å². The van der Waals surface area contributed by atoms with Crippen LogP contribution < -0.4 is 5.73 Å². The fourth-order valence-electron chi connectivity index (χ4n) is 2.31. The molecule has 0 aliphatic carbocycles. The van der Waals surface area contributed by atoms with Crippen molar-refractivity contribution in [2.24, 2.45) is 16.6 Å². The van der Waals surface area contributed by atoms with Gasteiger partial charge in [0.25, 0.3) is 0 Å². The van der Waals surface area contributed by atoms with Crippen LogP contribution in [0.5, 0.6) is 0 Å². The molecule has 0 saturated heterocycles. The Labute approximate surface area is 118 Å². The lowest BCUT2D eigenvalue weighted by Crippen LogP contribution is -2.34. The van der Waals surface area contributed by atoms with Gasteiger partial charge >= 0.3 is 0 Å². The van der Waals surface area contributed by atoms with E-state index in [1.807, 2.05) is 13.8 Å². The lowest BCUT2D eigenvalue weighted by atomic mass is 9.81. The molecule has 0 rings (SSSR count). The highest BCUT2D eigenvalue weighted by molar-refractivity contribution is 5.81. The number of hydrogen-bond acceptors (Lipinski definition) is 3. The van der Waals surface area contributed by atoms with E-state index < -0.39 is 0 Å². The average Bonchev–Trinajstić information content (AvgIpc) is 2.12. The molecule has 0 aromatic rings. The van der Waals surface area contributed by atoms with E-state index in [0.29, 0.717) is 19.3 Å². The summed E-state index contributed by atoms with van der Waals surface area (Å²) in [6.07, 6.45) is 3.25. The van der Waals surface area contributed by atoms with Crippen molar-refractivity contribution in [3.05, 3.63) is 0 Å². The molecule has 3 heteroatoms. The van der Waals surface area contributed by atoms with Crippen molar-refractivity contribution in [1.82, 2.24) is 0 Å². The smallest absolute Gasteiger partial charge is 0.133 e. The van der Waals surface area contributed by atoms with E-state index in [2.05, 4.69) is 20.8 Å². The van der Waals surface area contributed by atoms with Gasteiger partial charge in [-0.25, -0.2) is 0 Å². The van der Waals surface area contributed by atoms with Gasteiger partial charge in [-0.2, -0.15) is 0 Å². The molecule has 19 heavy (non-hydrogen) atoms. The lowest BCUT2D eigenvalue weighted by Gasteiger charge is -2.27. The van der Waals surface area contributed by atoms with Crippen molar-refractivity contribution >= 4 is 11.6 Å². The topological polar surface area (TPSA) is 60.2 Å². The molecule has 0 aromatic heterocycles. The highest BCUT2D eigenvalue weighted by Crippen LogP contribution is 2.27. The fraction of sp³-hybridized carbons (Fsp3) is 0.875. The van der Waals surface area contributed by atoms with Gasteiger partial charge in [0.1, 0.15) is 11.6 Å². The number of hydrogen-bond donors (Lipinski definition) is 1. The molecular weight excluding hydrogens is 238 g/mol. The molecule has 0 amide bonds. The summed E-state index contributed by atoms with van der Waals surface area (Å²) in [4.78, 5) is 23.0. The van der Waals surface area contributed by atoms with Crippen molar-refractivity contribution in [3.8, 4) is 0 Å². The highest BCUT2D eigenvalue weighted by Gasteiger charge is 2.24. The average molecular weight is 269 g/mol. The molecular formula is C16H31NO2. The standard InChI is InChI=1S/C16H31NO2/c1-12(18)10-16(5,6)11-13(19)8-7-9-14(17)15(2,3)4/h14H,7-11,17H2,1-6H3/t14-/m1/s1. The maximum absolute atomic E-state index is 11.9. The largest absolute Gasteiger partial charge is 0.327 e. The number of ketones is 2. The van der Waals surface area contributed by atoms with Crippen LogP contribution in [0.4, 0.5) is 0 Å². The Morgan fingerprint density at radius 1 is 1.05 bits per heavy atom. The summed E-state index contributed by atoms with van der Waals surface area (Å²) in [5.74, 6) is 0.389. The first-order chi connectivity index (χ1) is 8.44. The third kappa shape index (κ3) is 8.93. The maximum Gasteiger partial charge on any atom is 0.133 e. The Kier molecular flexibility index (Phi) is 6.92. The SMILES string of the molecule is CC(=O)CC(C)(C)CC(=O)CCC[C@@H](N)C(C)(C)C. The zero-order chi connectivity index (χ0) is 15.3. The second-order valence-corrected chi connectivity index (χ2v) is 7.62. The van der Waals surface area contributed by atoms with Crippen molar-refractivity contribution in [3.63, 3.8) is 0 Å². The van der Waals surface area contributed by atoms with E-state index in [1.165, 1.54) is 0 Å². The Morgan fingerprint density at radius 2 is 1.58 bits per heavy atom. The lowest BCUT2D eigenvalue weighted by molar-refractivity contribution is -0.123. The van der Waals surface area contributed by atoms with Crippen molar-refractivity contribution in [1.29, 1.82) is 0 Å². The van der Waals surface area contributed by atoms with Gasteiger partial charge in [-0.1, -0.05) is 34.6 Å². The van der Waals surface area contributed by atoms with Crippen molar-refractivity contribution in [2.45, 2.75) is 79.7 Å². The number of nitrogens with two attached hydrogens (primary N) is 1.